The van der Waals surface area contributed by atoms with Crippen LogP contribution in [-0.4, -0.2) is 31.8 Å². The van der Waals surface area contributed by atoms with Gasteiger partial charge in [-0.3, -0.25) is 20.1 Å². The number of amides is 1. The van der Waals surface area contributed by atoms with E-state index in [1.165, 1.54) is 22.0 Å². The zero-order valence-corrected chi connectivity index (χ0v) is 25.0. The average molecular weight is 613 g/mol. The molecule has 0 aliphatic carbocycles. The highest BCUT2D eigenvalue weighted by Crippen LogP contribution is 2.36. The predicted octanol–water partition coefficient (Wildman–Crippen LogP) is 5.94. The first kappa shape index (κ1) is 29.1. The minimum atomic E-state index is -1.37. The number of hydrogen-bond donors (Lipinski definition) is 3. The predicted molar refractivity (Wildman–Crippen MR) is 168 cm³/mol. The second kappa shape index (κ2) is 10.9. The van der Waals surface area contributed by atoms with Crippen molar-refractivity contribution in [3.05, 3.63) is 115 Å². The maximum atomic E-state index is 15.7. The first-order valence-corrected chi connectivity index (χ1v) is 14.8. The summed E-state index contributed by atoms with van der Waals surface area (Å²) in [7, 11) is 0. The second-order valence-electron chi connectivity index (χ2n) is 11.3. The molecule has 6 rings (SSSR count). The molecule has 1 aliphatic rings. The Labute approximate surface area is 255 Å². The number of halogens is 1. The van der Waals surface area contributed by atoms with Gasteiger partial charge in [0.2, 0.25) is 0 Å². The van der Waals surface area contributed by atoms with E-state index in [4.69, 9.17) is 15.3 Å². The van der Waals surface area contributed by atoms with E-state index in [-0.39, 0.29) is 17.9 Å². The second-order valence-corrected chi connectivity index (χ2v) is 12.4. The molecular weight excluding hydrogens is 583 g/mol. The van der Waals surface area contributed by atoms with Crippen LogP contribution in [0.4, 0.5) is 9.18 Å². The Morgan fingerprint density at radius 1 is 1.11 bits per heavy atom. The van der Waals surface area contributed by atoms with Crippen LogP contribution >= 0.6 is 11.3 Å². The standard InChI is InChI=1S/C33H29FN4O5S/c1-4-22-15-25-29(39)38(21-11-12-27-20(13-21)16-33(2,3)43-27)32(42)37(30(25)44-22)17-19-10-9-18(14-26(19)34)23-7-5-6-8-24(23)28(35)36-31(40)41/h5-15H,4,16-17H2,1-3H3,(H2,35,36)(H,40,41). The van der Waals surface area contributed by atoms with Gasteiger partial charge in [-0.2, -0.15) is 0 Å². The number of aryl methyl sites for hydroxylation is 1. The van der Waals surface area contributed by atoms with Crippen molar-refractivity contribution in [3.8, 4) is 22.6 Å². The summed E-state index contributed by atoms with van der Waals surface area (Å²) in [6.07, 6.45) is -0.0695. The molecule has 0 unspecified atom stereocenters. The third-order valence-corrected chi connectivity index (χ3v) is 8.94. The molecule has 3 heterocycles. The zero-order chi connectivity index (χ0) is 31.3. The number of hydrogen-bond acceptors (Lipinski definition) is 6. The largest absolute Gasteiger partial charge is 0.487 e. The van der Waals surface area contributed by atoms with Gasteiger partial charge in [-0.1, -0.05) is 43.3 Å². The molecule has 224 valence electrons. The van der Waals surface area contributed by atoms with Crippen LogP contribution in [0.5, 0.6) is 5.75 Å². The van der Waals surface area contributed by atoms with Crippen molar-refractivity contribution < 1.29 is 19.0 Å². The van der Waals surface area contributed by atoms with Crippen LogP contribution in [0, 0.1) is 11.2 Å². The molecule has 2 aromatic heterocycles. The van der Waals surface area contributed by atoms with Crippen LogP contribution in [0.1, 0.15) is 42.3 Å². The Hall–Kier alpha value is -5.03. The molecule has 9 nitrogen and oxygen atoms in total. The zero-order valence-electron chi connectivity index (χ0n) is 24.2. The van der Waals surface area contributed by atoms with Crippen molar-refractivity contribution >= 4 is 33.5 Å². The van der Waals surface area contributed by atoms with E-state index in [0.29, 0.717) is 45.4 Å². The van der Waals surface area contributed by atoms with Crippen molar-refractivity contribution in [3.63, 3.8) is 0 Å². The van der Waals surface area contributed by atoms with Crippen LogP contribution in [-0.2, 0) is 19.4 Å². The summed E-state index contributed by atoms with van der Waals surface area (Å²) >= 11 is 1.34. The smallest absolute Gasteiger partial charge is 0.410 e. The summed E-state index contributed by atoms with van der Waals surface area (Å²) in [4.78, 5) is 40.3. The molecule has 1 amide bonds. The number of rotatable bonds is 6. The van der Waals surface area contributed by atoms with Gasteiger partial charge in [-0.15, -0.1) is 11.3 Å². The van der Waals surface area contributed by atoms with Gasteiger partial charge in [-0.05, 0) is 61.7 Å². The summed E-state index contributed by atoms with van der Waals surface area (Å²) in [6, 6.07) is 18.2. The molecule has 3 N–H and O–H groups in total. The normalized spacial score (nSPS) is 13.5. The number of fused-ring (bicyclic) bond motifs is 2. The minimum absolute atomic E-state index is 0.121. The Morgan fingerprint density at radius 2 is 1.89 bits per heavy atom. The van der Waals surface area contributed by atoms with Crippen molar-refractivity contribution in [1.29, 1.82) is 5.41 Å². The SMILES string of the molecule is CCc1cc2c(=O)n(-c3ccc4c(c3)CC(C)(C)O4)c(=O)n(Cc3ccc(-c4ccccc4C(=N)NC(=O)O)cc3F)c2s1. The first-order chi connectivity index (χ1) is 21.0. The number of ether oxygens (including phenoxy) is 1. The van der Waals surface area contributed by atoms with Crippen LogP contribution < -0.4 is 21.3 Å². The van der Waals surface area contributed by atoms with E-state index in [2.05, 4.69) is 0 Å². The monoisotopic (exact) mass is 612 g/mol. The molecule has 3 aromatic carbocycles. The summed E-state index contributed by atoms with van der Waals surface area (Å²) in [5.74, 6) is -0.202. The van der Waals surface area contributed by atoms with Gasteiger partial charge in [0.15, 0.2) is 0 Å². The molecule has 1 aliphatic heterocycles. The van der Waals surface area contributed by atoms with Gasteiger partial charge in [-0.25, -0.2) is 18.5 Å². The van der Waals surface area contributed by atoms with E-state index in [9.17, 15) is 14.4 Å². The molecule has 0 atom stereocenters. The molecule has 0 saturated heterocycles. The highest BCUT2D eigenvalue weighted by Gasteiger charge is 2.30. The Balaban J connectivity index is 1.44. The minimum Gasteiger partial charge on any atom is -0.487 e. The van der Waals surface area contributed by atoms with Gasteiger partial charge >= 0.3 is 11.8 Å². The van der Waals surface area contributed by atoms with Crippen LogP contribution in [0.25, 0.3) is 27.0 Å². The molecule has 0 radical (unpaired) electrons. The molecule has 0 saturated carbocycles. The van der Waals surface area contributed by atoms with Crippen molar-refractivity contribution in [1.82, 2.24) is 14.5 Å². The topological polar surface area (TPSA) is 126 Å². The van der Waals surface area contributed by atoms with Gasteiger partial charge < -0.3 is 9.84 Å². The summed E-state index contributed by atoms with van der Waals surface area (Å²) in [5.41, 5.74) is 1.36. The number of amidine groups is 1. The fourth-order valence-corrected chi connectivity index (χ4v) is 6.70. The van der Waals surface area contributed by atoms with Crippen LogP contribution in [0.3, 0.4) is 0 Å². The molecule has 11 heteroatoms. The summed E-state index contributed by atoms with van der Waals surface area (Å²) < 4.78 is 24.3. The van der Waals surface area contributed by atoms with Crippen LogP contribution in [0.2, 0.25) is 0 Å². The lowest BCUT2D eigenvalue weighted by atomic mass is 9.97. The molecule has 0 bridgehead atoms. The lowest BCUT2D eigenvalue weighted by Crippen LogP contribution is -2.38. The molecular formula is C33H29FN4O5S. The maximum absolute atomic E-state index is 15.7. The summed E-state index contributed by atoms with van der Waals surface area (Å²) in [5, 5.41) is 19.6. The third kappa shape index (κ3) is 5.19. The van der Waals surface area contributed by atoms with Gasteiger partial charge in [0, 0.05) is 28.0 Å². The highest BCUT2D eigenvalue weighted by atomic mass is 32.1. The van der Waals surface area contributed by atoms with Gasteiger partial charge in [0.1, 0.15) is 27.8 Å². The van der Waals surface area contributed by atoms with Crippen molar-refractivity contribution in [2.75, 3.05) is 0 Å². The first-order valence-electron chi connectivity index (χ1n) is 14.0. The number of carbonyl (C=O) groups is 1. The van der Waals surface area contributed by atoms with Crippen LogP contribution in [0.15, 0.2) is 76.3 Å². The van der Waals surface area contributed by atoms with Gasteiger partial charge in [0.05, 0.1) is 17.6 Å². The Kier molecular flexibility index (Phi) is 7.21. The summed E-state index contributed by atoms with van der Waals surface area (Å²) in [6.45, 7) is 5.80. The average Bonchev–Trinajstić information content (AvgIpc) is 3.55. The van der Waals surface area contributed by atoms with Gasteiger partial charge in [0.25, 0.3) is 5.56 Å². The number of thiophene rings is 1. The number of nitrogens with zero attached hydrogens (tertiary/aromatic N) is 2. The van der Waals surface area contributed by atoms with E-state index >= 15 is 4.39 Å². The third-order valence-electron chi connectivity index (χ3n) is 7.64. The maximum Gasteiger partial charge on any atom is 0.410 e. The number of carboxylic acid groups (broad SMARTS) is 1. The molecule has 44 heavy (non-hydrogen) atoms. The fraction of sp³-hybridized carbons (Fsp3) is 0.212. The molecule has 5 aromatic rings. The highest BCUT2D eigenvalue weighted by molar-refractivity contribution is 7.18. The van der Waals surface area contributed by atoms with Crippen molar-refractivity contribution in [2.45, 2.75) is 45.8 Å². The van der Waals surface area contributed by atoms with E-state index in [1.54, 1.807) is 60.7 Å². The van der Waals surface area contributed by atoms with Crippen molar-refractivity contribution in [2.24, 2.45) is 0 Å². The number of nitrogens with one attached hydrogen (secondary N) is 2. The quantitative estimate of drug-likeness (QED) is 0.162. The van der Waals surface area contributed by atoms with E-state index in [1.807, 2.05) is 26.1 Å². The fourth-order valence-electron chi connectivity index (χ4n) is 5.62. The molecule has 0 spiro atoms. The van der Waals surface area contributed by atoms with E-state index in [0.717, 1.165) is 20.8 Å². The Bertz CT molecular complexity index is 2110. The Morgan fingerprint density at radius 3 is 2.61 bits per heavy atom. The molecule has 0 fully saturated rings. The lowest BCUT2D eigenvalue weighted by Gasteiger charge is -2.16. The number of aromatic nitrogens is 2. The number of benzene rings is 3. The van der Waals surface area contributed by atoms with E-state index < -0.39 is 28.8 Å². The lowest BCUT2D eigenvalue weighted by molar-refractivity contribution is 0.138.